The Bertz CT molecular complexity index is 557. The van der Waals surface area contributed by atoms with Crippen molar-refractivity contribution in [2.75, 3.05) is 12.4 Å². The molecule has 0 saturated carbocycles. The van der Waals surface area contributed by atoms with E-state index >= 15 is 0 Å². The molecule has 2 rings (SSSR count). The van der Waals surface area contributed by atoms with Gasteiger partial charge in [-0.3, -0.25) is 0 Å². The van der Waals surface area contributed by atoms with Crippen molar-refractivity contribution >= 4 is 17.3 Å². The molecule has 0 fully saturated rings. The molecule has 1 N–H and O–H groups in total. The third-order valence-electron chi connectivity index (χ3n) is 2.90. The molecule has 0 aliphatic heterocycles. The second-order valence-electron chi connectivity index (χ2n) is 4.27. The fourth-order valence-corrected chi connectivity index (χ4v) is 1.96. The first-order chi connectivity index (χ1) is 9.10. The zero-order valence-electron chi connectivity index (χ0n) is 10.8. The fourth-order valence-electron chi connectivity index (χ4n) is 1.83. The van der Waals surface area contributed by atoms with E-state index in [4.69, 9.17) is 16.3 Å². The van der Waals surface area contributed by atoms with Crippen LogP contribution in [0.4, 0.5) is 10.1 Å². The van der Waals surface area contributed by atoms with Crippen LogP contribution >= 0.6 is 11.6 Å². The predicted octanol–water partition coefficient (Wildman–Crippen LogP) is 4.66. The molecule has 0 radical (unpaired) electrons. The van der Waals surface area contributed by atoms with E-state index < -0.39 is 0 Å². The van der Waals surface area contributed by atoms with Crippen LogP contribution < -0.4 is 10.1 Å². The van der Waals surface area contributed by atoms with Crippen molar-refractivity contribution in [3.8, 4) is 5.75 Å². The van der Waals surface area contributed by atoms with E-state index in [-0.39, 0.29) is 17.6 Å². The van der Waals surface area contributed by atoms with E-state index in [9.17, 15) is 4.39 Å². The maximum atomic E-state index is 13.6. The molecule has 0 aliphatic carbocycles. The molecule has 4 heteroatoms. The number of ether oxygens (including phenoxy) is 1. The summed E-state index contributed by atoms with van der Waals surface area (Å²) in [5, 5.41) is 3.97. The minimum Gasteiger partial charge on any atom is -0.494 e. The summed E-state index contributed by atoms with van der Waals surface area (Å²) in [5.74, 6) is -0.104. The summed E-state index contributed by atoms with van der Waals surface area (Å²) < 4.78 is 18.5. The molecule has 0 heterocycles. The zero-order valence-corrected chi connectivity index (χ0v) is 11.5. The lowest BCUT2D eigenvalue weighted by Crippen LogP contribution is -2.07. The molecule has 1 atom stereocenters. The zero-order chi connectivity index (χ0) is 13.8. The molecule has 2 aromatic rings. The number of benzene rings is 2. The van der Waals surface area contributed by atoms with E-state index in [0.29, 0.717) is 5.02 Å². The predicted molar refractivity (Wildman–Crippen MR) is 76.4 cm³/mol. The molecular formula is C15H15ClFNO. The first-order valence-electron chi connectivity index (χ1n) is 5.95. The first-order valence-corrected chi connectivity index (χ1v) is 6.33. The third-order valence-corrected chi connectivity index (χ3v) is 3.16. The summed E-state index contributed by atoms with van der Waals surface area (Å²) in [7, 11) is 1.45. The van der Waals surface area contributed by atoms with Crippen LogP contribution in [-0.2, 0) is 0 Å². The van der Waals surface area contributed by atoms with E-state index in [1.165, 1.54) is 13.2 Å². The number of methoxy groups -OCH3 is 1. The Kier molecular flexibility index (Phi) is 4.27. The Labute approximate surface area is 117 Å². The molecular weight excluding hydrogens is 265 g/mol. The lowest BCUT2D eigenvalue weighted by Gasteiger charge is -2.16. The average Bonchev–Trinajstić information content (AvgIpc) is 2.41. The highest BCUT2D eigenvalue weighted by molar-refractivity contribution is 6.30. The van der Waals surface area contributed by atoms with Gasteiger partial charge in [-0.05, 0) is 48.9 Å². The van der Waals surface area contributed by atoms with Crippen LogP contribution in [0.2, 0.25) is 5.02 Å². The summed E-state index contributed by atoms with van der Waals surface area (Å²) in [5.41, 5.74) is 1.79. The second-order valence-corrected chi connectivity index (χ2v) is 4.70. The molecule has 19 heavy (non-hydrogen) atoms. The maximum absolute atomic E-state index is 13.6. The summed E-state index contributed by atoms with van der Waals surface area (Å²) >= 11 is 5.83. The van der Waals surface area contributed by atoms with Crippen LogP contribution in [0, 0.1) is 5.82 Å². The number of halogens is 2. The molecule has 2 nitrogen and oxygen atoms in total. The number of rotatable bonds is 4. The molecule has 0 aromatic heterocycles. The third kappa shape index (κ3) is 3.38. The monoisotopic (exact) mass is 279 g/mol. The Balaban J connectivity index is 2.13. The smallest absolute Gasteiger partial charge is 0.165 e. The topological polar surface area (TPSA) is 21.3 Å². The maximum Gasteiger partial charge on any atom is 0.165 e. The van der Waals surface area contributed by atoms with Gasteiger partial charge in [0, 0.05) is 16.8 Å². The van der Waals surface area contributed by atoms with Crippen molar-refractivity contribution in [2.24, 2.45) is 0 Å². The summed E-state index contributed by atoms with van der Waals surface area (Å²) in [6, 6.07) is 12.3. The Morgan fingerprint density at radius 1 is 1.16 bits per heavy atom. The van der Waals surface area contributed by atoms with Gasteiger partial charge in [-0.15, -0.1) is 0 Å². The number of nitrogens with one attached hydrogen (secondary N) is 1. The Morgan fingerprint density at radius 3 is 2.42 bits per heavy atom. The van der Waals surface area contributed by atoms with Gasteiger partial charge in [0.25, 0.3) is 0 Å². The van der Waals surface area contributed by atoms with E-state index in [1.54, 1.807) is 6.07 Å². The van der Waals surface area contributed by atoms with Gasteiger partial charge in [-0.2, -0.15) is 0 Å². The minimum absolute atomic E-state index is 0.0124. The molecule has 2 aromatic carbocycles. The quantitative estimate of drug-likeness (QED) is 0.879. The first kappa shape index (κ1) is 13.7. The largest absolute Gasteiger partial charge is 0.494 e. The van der Waals surface area contributed by atoms with Crippen molar-refractivity contribution in [1.82, 2.24) is 0 Å². The average molecular weight is 280 g/mol. The number of hydrogen-bond donors (Lipinski definition) is 1. The number of anilines is 1. The highest BCUT2D eigenvalue weighted by atomic mass is 35.5. The van der Waals surface area contributed by atoms with Crippen molar-refractivity contribution in [3.05, 3.63) is 58.9 Å². The summed E-state index contributed by atoms with van der Waals surface area (Å²) in [6.45, 7) is 1.97. The molecule has 0 spiro atoms. The van der Waals surface area contributed by atoms with Gasteiger partial charge in [-0.1, -0.05) is 17.7 Å². The molecule has 1 unspecified atom stereocenters. The molecule has 0 bridgehead atoms. The van der Waals surface area contributed by atoms with Crippen molar-refractivity contribution in [1.29, 1.82) is 0 Å². The van der Waals surface area contributed by atoms with Gasteiger partial charge in [0.1, 0.15) is 0 Å². The molecule has 0 aliphatic rings. The highest BCUT2D eigenvalue weighted by Crippen LogP contribution is 2.24. The van der Waals surface area contributed by atoms with Crippen LogP contribution in [0.1, 0.15) is 18.5 Å². The lowest BCUT2D eigenvalue weighted by molar-refractivity contribution is 0.386. The van der Waals surface area contributed by atoms with Crippen molar-refractivity contribution in [3.63, 3.8) is 0 Å². The van der Waals surface area contributed by atoms with Crippen molar-refractivity contribution in [2.45, 2.75) is 13.0 Å². The van der Waals surface area contributed by atoms with Crippen LogP contribution in [0.25, 0.3) is 0 Å². The van der Waals surface area contributed by atoms with Gasteiger partial charge in [0.05, 0.1) is 7.11 Å². The van der Waals surface area contributed by atoms with Gasteiger partial charge in [0.2, 0.25) is 0 Å². The van der Waals surface area contributed by atoms with Crippen LogP contribution in [0.3, 0.4) is 0 Å². The van der Waals surface area contributed by atoms with Crippen LogP contribution in [-0.4, -0.2) is 7.11 Å². The molecule has 0 amide bonds. The van der Waals surface area contributed by atoms with Crippen LogP contribution in [0.5, 0.6) is 5.75 Å². The molecule has 0 saturated heterocycles. The number of hydrogen-bond acceptors (Lipinski definition) is 2. The molecule has 100 valence electrons. The van der Waals surface area contributed by atoms with E-state index in [0.717, 1.165) is 11.3 Å². The normalized spacial score (nSPS) is 12.0. The van der Waals surface area contributed by atoms with Gasteiger partial charge in [-0.25, -0.2) is 4.39 Å². The van der Waals surface area contributed by atoms with Gasteiger partial charge < -0.3 is 10.1 Å². The summed E-state index contributed by atoms with van der Waals surface area (Å²) in [4.78, 5) is 0. The SMILES string of the molecule is COc1ccc(C(C)Nc2ccc(Cl)cc2)cc1F. The van der Waals surface area contributed by atoms with E-state index in [1.807, 2.05) is 37.3 Å². The van der Waals surface area contributed by atoms with Crippen molar-refractivity contribution < 1.29 is 9.13 Å². The van der Waals surface area contributed by atoms with E-state index in [2.05, 4.69) is 5.32 Å². The Hall–Kier alpha value is -1.74. The fraction of sp³-hybridized carbons (Fsp3) is 0.200. The van der Waals surface area contributed by atoms with Gasteiger partial charge >= 0.3 is 0 Å². The lowest BCUT2D eigenvalue weighted by atomic mass is 10.1. The summed E-state index contributed by atoms with van der Waals surface area (Å²) in [6.07, 6.45) is 0. The second kappa shape index (κ2) is 5.93. The highest BCUT2D eigenvalue weighted by Gasteiger charge is 2.09. The van der Waals surface area contributed by atoms with Gasteiger partial charge in [0.15, 0.2) is 11.6 Å². The minimum atomic E-state index is -0.357. The van der Waals surface area contributed by atoms with Crippen LogP contribution in [0.15, 0.2) is 42.5 Å². The Morgan fingerprint density at radius 2 is 1.84 bits per heavy atom. The standard InChI is InChI=1S/C15H15ClFNO/c1-10(18-13-6-4-12(16)5-7-13)11-3-8-15(19-2)14(17)9-11/h3-10,18H,1-2H3.